The minimum atomic E-state index is -0.406. The van der Waals surface area contributed by atoms with E-state index in [-0.39, 0.29) is 29.8 Å². The van der Waals surface area contributed by atoms with Gasteiger partial charge in [0.25, 0.3) is 0 Å². The van der Waals surface area contributed by atoms with Crippen molar-refractivity contribution in [3.8, 4) is 0 Å². The standard InChI is InChI=1S/C25H31NO4/c1-15-22-20(26-23(15)24(28)30-14-19-6-5-11-29-19)12-17(13-21(22)27)16-7-9-18(10-8-16)25(2,3)4/h7-10,17,19,26H,5-6,11-14H2,1-4H3. The summed E-state index contributed by atoms with van der Waals surface area (Å²) in [6.45, 7) is 9.40. The minimum Gasteiger partial charge on any atom is -0.458 e. The van der Waals surface area contributed by atoms with Gasteiger partial charge in [-0.25, -0.2) is 4.79 Å². The van der Waals surface area contributed by atoms with E-state index in [0.717, 1.165) is 37.1 Å². The van der Waals surface area contributed by atoms with Crippen LogP contribution in [0.25, 0.3) is 0 Å². The Hall–Kier alpha value is -2.40. The third-order valence-electron chi connectivity index (χ3n) is 6.37. The number of ketones is 1. The fraction of sp³-hybridized carbons (Fsp3) is 0.520. The molecule has 2 aliphatic rings. The van der Waals surface area contributed by atoms with E-state index < -0.39 is 5.97 Å². The van der Waals surface area contributed by atoms with Crippen molar-refractivity contribution >= 4 is 11.8 Å². The van der Waals surface area contributed by atoms with Crippen LogP contribution in [0, 0.1) is 6.92 Å². The van der Waals surface area contributed by atoms with Crippen LogP contribution in [0.1, 0.15) is 89.2 Å². The van der Waals surface area contributed by atoms with Crippen molar-refractivity contribution in [3.63, 3.8) is 0 Å². The van der Waals surface area contributed by atoms with Crippen molar-refractivity contribution in [2.75, 3.05) is 13.2 Å². The predicted molar refractivity (Wildman–Crippen MR) is 115 cm³/mol. The Kier molecular flexibility index (Phi) is 5.58. The minimum absolute atomic E-state index is 0.0130. The second-order valence-electron chi connectivity index (χ2n) is 9.61. The Morgan fingerprint density at radius 3 is 2.57 bits per heavy atom. The van der Waals surface area contributed by atoms with Crippen molar-refractivity contribution in [3.05, 3.63) is 57.9 Å². The smallest absolute Gasteiger partial charge is 0.355 e. The molecule has 0 saturated carbocycles. The Bertz CT molecular complexity index is 943. The number of carbonyl (C=O) groups excluding carboxylic acids is 2. The normalized spacial score (nSPS) is 21.5. The molecule has 1 aliphatic carbocycles. The highest BCUT2D eigenvalue weighted by Crippen LogP contribution is 2.36. The van der Waals surface area contributed by atoms with Gasteiger partial charge in [0.05, 0.1) is 6.10 Å². The lowest BCUT2D eigenvalue weighted by atomic mass is 9.80. The highest BCUT2D eigenvalue weighted by atomic mass is 16.6. The van der Waals surface area contributed by atoms with Crippen molar-refractivity contribution in [2.45, 2.75) is 70.8 Å². The number of rotatable bonds is 4. The molecule has 5 nitrogen and oxygen atoms in total. The van der Waals surface area contributed by atoms with Crippen molar-refractivity contribution in [1.29, 1.82) is 0 Å². The summed E-state index contributed by atoms with van der Waals surface area (Å²) in [5.41, 5.74) is 5.16. The zero-order valence-corrected chi connectivity index (χ0v) is 18.3. The number of esters is 1. The molecule has 2 unspecified atom stereocenters. The third-order valence-corrected chi connectivity index (χ3v) is 6.37. The van der Waals surface area contributed by atoms with Gasteiger partial charge in [-0.2, -0.15) is 0 Å². The van der Waals surface area contributed by atoms with E-state index in [9.17, 15) is 9.59 Å². The zero-order valence-electron chi connectivity index (χ0n) is 18.3. The van der Waals surface area contributed by atoms with Crippen LogP contribution in [0.15, 0.2) is 24.3 Å². The summed E-state index contributed by atoms with van der Waals surface area (Å²) < 4.78 is 11.0. The van der Waals surface area contributed by atoms with Gasteiger partial charge in [-0.05, 0) is 54.2 Å². The number of aromatic amines is 1. The molecule has 0 radical (unpaired) electrons. The average Bonchev–Trinajstić information content (AvgIpc) is 3.33. The summed E-state index contributed by atoms with van der Waals surface area (Å²) in [6.07, 6.45) is 3.09. The van der Waals surface area contributed by atoms with E-state index in [1.165, 1.54) is 5.56 Å². The number of hydrogen-bond donors (Lipinski definition) is 1. The Balaban J connectivity index is 1.51. The van der Waals surface area contributed by atoms with Crippen LogP contribution in [-0.4, -0.2) is 36.1 Å². The van der Waals surface area contributed by atoms with Crippen molar-refractivity contribution in [2.24, 2.45) is 0 Å². The summed E-state index contributed by atoms with van der Waals surface area (Å²) in [5.74, 6) is -0.197. The van der Waals surface area contributed by atoms with E-state index in [0.29, 0.717) is 23.2 Å². The van der Waals surface area contributed by atoms with Gasteiger partial charge in [0.15, 0.2) is 5.78 Å². The molecule has 1 saturated heterocycles. The Morgan fingerprint density at radius 1 is 1.20 bits per heavy atom. The molecular formula is C25H31NO4. The molecule has 2 aromatic rings. The first-order valence-electron chi connectivity index (χ1n) is 10.9. The molecule has 1 N–H and O–H groups in total. The molecule has 5 heteroatoms. The maximum atomic E-state index is 12.9. The fourth-order valence-electron chi connectivity index (χ4n) is 4.55. The molecule has 0 amide bonds. The van der Waals surface area contributed by atoms with Crippen LogP contribution in [0.5, 0.6) is 0 Å². The van der Waals surface area contributed by atoms with Crippen LogP contribution < -0.4 is 0 Å². The van der Waals surface area contributed by atoms with Crippen molar-refractivity contribution < 1.29 is 19.1 Å². The largest absolute Gasteiger partial charge is 0.458 e. The lowest BCUT2D eigenvalue weighted by molar-refractivity contribution is 0.0156. The molecule has 0 spiro atoms. The van der Waals surface area contributed by atoms with E-state index in [1.54, 1.807) is 0 Å². The Labute approximate surface area is 178 Å². The van der Waals surface area contributed by atoms with Gasteiger partial charge in [-0.3, -0.25) is 4.79 Å². The number of benzene rings is 1. The first kappa shape index (κ1) is 20.9. The number of hydrogen-bond acceptors (Lipinski definition) is 4. The number of fused-ring (bicyclic) bond motifs is 1. The van der Waals surface area contributed by atoms with Crippen LogP contribution in [0.4, 0.5) is 0 Å². The molecule has 160 valence electrons. The topological polar surface area (TPSA) is 68.4 Å². The number of ether oxygens (including phenoxy) is 2. The lowest BCUT2D eigenvalue weighted by Gasteiger charge is -2.24. The predicted octanol–water partition coefficient (Wildman–Crippen LogP) is 4.87. The van der Waals surface area contributed by atoms with Crippen LogP contribution in [0.3, 0.4) is 0 Å². The molecule has 1 aromatic carbocycles. The molecule has 1 fully saturated rings. The van der Waals surface area contributed by atoms with Crippen molar-refractivity contribution in [1.82, 2.24) is 4.98 Å². The second kappa shape index (κ2) is 8.03. The summed E-state index contributed by atoms with van der Waals surface area (Å²) in [6, 6.07) is 8.58. The van der Waals surface area contributed by atoms with Gasteiger partial charge in [0.2, 0.25) is 0 Å². The highest BCUT2D eigenvalue weighted by Gasteiger charge is 2.32. The molecule has 4 rings (SSSR count). The van der Waals surface area contributed by atoms with Gasteiger partial charge in [0.1, 0.15) is 12.3 Å². The summed E-state index contributed by atoms with van der Waals surface area (Å²) in [5, 5.41) is 0. The number of nitrogens with one attached hydrogen (secondary N) is 1. The second-order valence-corrected chi connectivity index (χ2v) is 9.61. The monoisotopic (exact) mass is 409 g/mol. The van der Waals surface area contributed by atoms with E-state index in [1.807, 2.05) is 6.92 Å². The number of aromatic nitrogens is 1. The molecule has 2 heterocycles. The number of H-pyrrole nitrogens is 1. The molecular weight excluding hydrogens is 378 g/mol. The number of carbonyl (C=O) groups is 2. The molecule has 30 heavy (non-hydrogen) atoms. The maximum absolute atomic E-state index is 12.9. The molecule has 2 atom stereocenters. The summed E-state index contributed by atoms with van der Waals surface area (Å²) >= 11 is 0. The number of Topliss-reactive ketones (excluding diaryl/α,β-unsaturated/α-hetero) is 1. The highest BCUT2D eigenvalue weighted by molar-refractivity contribution is 6.03. The quantitative estimate of drug-likeness (QED) is 0.732. The molecule has 0 bridgehead atoms. The van der Waals surface area contributed by atoms with Gasteiger partial charge in [-0.15, -0.1) is 0 Å². The maximum Gasteiger partial charge on any atom is 0.355 e. The third kappa shape index (κ3) is 4.08. The van der Waals surface area contributed by atoms with Gasteiger partial charge < -0.3 is 14.5 Å². The summed E-state index contributed by atoms with van der Waals surface area (Å²) in [4.78, 5) is 28.7. The van der Waals surface area contributed by atoms with Crippen LogP contribution in [-0.2, 0) is 21.3 Å². The van der Waals surface area contributed by atoms with E-state index in [2.05, 4.69) is 50.0 Å². The van der Waals surface area contributed by atoms with Gasteiger partial charge in [0, 0.05) is 24.3 Å². The fourth-order valence-corrected chi connectivity index (χ4v) is 4.55. The van der Waals surface area contributed by atoms with E-state index in [4.69, 9.17) is 9.47 Å². The zero-order chi connectivity index (χ0) is 21.5. The SMILES string of the molecule is Cc1c(C(=O)OCC2CCCO2)[nH]c2c1C(=O)CC(c1ccc(C(C)(C)C)cc1)C2. The van der Waals surface area contributed by atoms with Gasteiger partial charge >= 0.3 is 5.97 Å². The van der Waals surface area contributed by atoms with Crippen LogP contribution >= 0.6 is 0 Å². The Morgan fingerprint density at radius 2 is 1.93 bits per heavy atom. The molecule has 1 aromatic heterocycles. The first-order chi connectivity index (χ1) is 14.2. The van der Waals surface area contributed by atoms with Gasteiger partial charge in [-0.1, -0.05) is 45.0 Å². The first-order valence-corrected chi connectivity index (χ1v) is 10.9. The van der Waals surface area contributed by atoms with E-state index >= 15 is 0 Å². The molecule has 1 aliphatic heterocycles. The lowest BCUT2D eigenvalue weighted by Crippen LogP contribution is -2.19. The average molecular weight is 410 g/mol. The van der Waals surface area contributed by atoms with Crippen LogP contribution in [0.2, 0.25) is 0 Å². The summed E-state index contributed by atoms with van der Waals surface area (Å²) in [7, 11) is 0.